The molecule has 2 N–H and O–H groups in total. The van der Waals surface area contributed by atoms with Crippen molar-refractivity contribution in [3.05, 3.63) is 78.9 Å². The van der Waals surface area contributed by atoms with Crippen LogP contribution in [0.3, 0.4) is 0 Å². The Morgan fingerprint density at radius 1 is 0.806 bits per heavy atom. The van der Waals surface area contributed by atoms with Crippen LogP contribution in [-0.2, 0) is 21.1 Å². The Hall–Kier alpha value is -4.43. The highest BCUT2D eigenvalue weighted by molar-refractivity contribution is 6.02. The zero-order valence-electron chi connectivity index (χ0n) is 15.2. The first-order chi connectivity index (χ1) is 14.6. The van der Waals surface area contributed by atoms with Crippen LogP contribution in [0, 0.1) is 20.2 Å². The van der Waals surface area contributed by atoms with Crippen molar-refractivity contribution in [1.82, 2.24) is 0 Å². The quantitative estimate of drug-likeness (QED) is 0.137. The number of nitro benzene ring substituents is 2. The number of ether oxygens (including phenoxy) is 1. The van der Waals surface area contributed by atoms with Crippen LogP contribution in [0.4, 0.5) is 11.4 Å². The van der Waals surface area contributed by atoms with E-state index in [4.69, 9.17) is 15.1 Å². The molecule has 0 aromatic heterocycles. The number of rotatable bonds is 10. The molecule has 0 aliphatic rings. The van der Waals surface area contributed by atoms with E-state index >= 15 is 0 Å². The van der Waals surface area contributed by atoms with Gasteiger partial charge in [0.2, 0.25) is 6.79 Å². The Morgan fingerprint density at radius 3 is 1.90 bits per heavy atom. The summed E-state index contributed by atoms with van der Waals surface area (Å²) in [4.78, 5) is 63.6. The van der Waals surface area contributed by atoms with Gasteiger partial charge in [-0.25, -0.2) is 19.3 Å². The molecule has 162 valence electrons. The summed E-state index contributed by atoms with van der Waals surface area (Å²) in [6.07, 6.45) is 0. The second-order valence-electron chi connectivity index (χ2n) is 5.63. The smallest absolute Gasteiger partial charge is 0.341 e. The van der Waals surface area contributed by atoms with Crippen molar-refractivity contribution in [2.45, 2.75) is 6.61 Å². The molecule has 2 aromatic carbocycles. The van der Waals surface area contributed by atoms with Gasteiger partial charge in [0.25, 0.3) is 11.4 Å². The van der Waals surface area contributed by atoms with Gasteiger partial charge in [0.05, 0.1) is 26.5 Å². The summed E-state index contributed by atoms with van der Waals surface area (Å²) in [5.74, 6) is -4.20. The highest BCUT2D eigenvalue weighted by Gasteiger charge is 2.22. The van der Waals surface area contributed by atoms with Gasteiger partial charge in [-0.1, -0.05) is 0 Å². The molecular formula is C17H12N2O12. The highest BCUT2D eigenvalue weighted by Crippen LogP contribution is 2.20. The molecule has 0 fully saturated rings. The van der Waals surface area contributed by atoms with Gasteiger partial charge in [-0.05, 0) is 17.7 Å². The Morgan fingerprint density at radius 2 is 1.35 bits per heavy atom. The predicted octanol–water partition coefficient (Wildman–Crippen LogP) is 2.16. The number of hydrogen-bond acceptors (Lipinski definition) is 10. The highest BCUT2D eigenvalue weighted by atomic mass is 17.2. The lowest BCUT2D eigenvalue weighted by Crippen LogP contribution is -2.14. The second kappa shape index (κ2) is 9.86. The van der Waals surface area contributed by atoms with Crippen molar-refractivity contribution in [2.75, 3.05) is 6.79 Å². The average molecular weight is 436 g/mol. The lowest BCUT2D eigenvalue weighted by atomic mass is 10.1. The minimum absolute atomic E-state index is 0.0351. The van der Waals surface area contributed by atoms with E-state index in [9.17, 15) is 34.6 Å². The fraction of sp³-hybridized carbons (Fsp3) is 0.118. The minimum Gasteiger partial charge on any atom is -0.478 e. The molecule has 0 atom stereocenters. The zero-order valence-corrected chi connectivity index (χ0v) is 15.2. The molecule has 0 aliphatic heterocycles. The van der Waals surface area contributed by atoms with E-state index in [0.717, 1.165) is 30.3 Å². The Labute approximate surface area is 171 Å². The average Bonchev–Trinajstić information content (AvgIpc) is 2.72. The molecule has 2 rings (SSSR count). The Bertz CT molecular complexity index is 1070. The minimum atomic E-state index is -1.59. The number of hydrogen-bond donors (Lipinski definition) is 2. The summed E-state index contributed by atoms with van der Waals surface area (Å²) < 4.78 is 4.66. The molecule has 31 heavy (non-hydrogen) atoms. The molecule has 0 saturated carbocycles. The molecule has 0 unspecified atom stereocenters. The number of nitro groups is 2. The van der Waals surface area contributed by atoms with Gasteiger partial charge < -0.3 is 14.9 Å². The van der Waals surface area contributed by atoms with Crippen molar-refractivity contribution in [2.24, 2.45) is 0 Å². The number of carboxylic acids is 2. The third-order valence-electron chi connectivity index (χ3n) is 3.73. The number of benzene rings is 2. The SMILES string of the molecule is O=C(O)c1cc([N+](=O)[O-])ccc1COOCOC(=O)c1ccc([N+](=O)[O-])cc1C(=O)O. The van der Waals surface area contributed by atoms with Crippen molar-refractivity contribution in [1.29, 1.82) is 0 Å². The monoisotopic (exact) mass is 436 g/mol. The topological polar surface area (TPSA) is 206 Å². The summed E-state index contributed by atoms with van der Waals surface area (Å²) in [6, 6.07) is 5.56. The predicted molar refractivity (Wildman–Crippen MR) is 96.3 cm³/mol. The van der Waals surface area contributed by atoms with E-state index in [-0.39, 0.29) is 5.56 Å². The molecule has 0 radical (unpaired) electrons. The van der Waals surface area contributed by atoms with Crippen LogP contribution >= 0.6 is 0 Å². The van der Waals surface area contributed by atoms with E-state index in [2.05, 4.69) is 9.62 Å². The van der Waals surface area contributed by atoms with Gasteiger partial charge in [-0.15, -0.1) is 0 Å². The summed E-state index contributed by atoms with van der Waals surface area (Å²) in [7, 11) is 0. The maximum atomic E-state index is 12.0. The van der Waals surface area contributed by atoms with Crippen LogP contribution < -0.4 is 0 Å². The normalized spacial score (nSPS) is 10.3. The molecule has 14 heteroatoms. The third kappa shape index (κ3) is 5.78. The molecular weight excluding hydrogens is 424 g/mol. The Balaban J connectivity index is 1.96. The standard InChI is InChI=1S/C17H12N2O12/c20-15(21)13-5-10(18(25)26)2-1-9(13)7-30-31-8-29-17(24)12-4-3-11(19(27)28)6-14(12)16(22)23/h1-6H,7-8H2,(H,20,21)(H,22,23). The van der Waals surface area contributed by atoms with E-state index in [1.165, 1.54) is 0 Å². The van der Waals surface area contributed by atoms with Crippen molar-refractivity contribution in [3.63, 3.8) is 0 Å². The molecule has 2 aromatic rings. The number of carbonyl (C=O) groups excluding carboxylic acids is 1. The first kappa shape index (κ1) is 22.9. The zero-order chi connectivity index (χ0) is 23.1. The third-order valence-corrected chi connectivity index (χ3v) is 3.73. The van der Waals surface area contributed by atoms with Crippen molar-refractivity contribution < 1.29 is 49.0 Å². The summed E-state index contributed by atoms with van der Waals surface area (Å²) >= 11 is 0. The second-order valence-corrected chi connectivity index (χ2v) is 5.63. The van der Waals surface area contributed by atoms with E-state index < -0.39 is 69.2 Å². The molecule has 14 nitrogen and oxygen atoms in total. The number of carbonyl (C=O) groups is 3. The van der Waals surface area contributed by atoms with E-state index in [1.54, 1.807) is 0 Å². The molecule has 0 heterocycles. The van der Waals surface area contributed by atoms with Crippen LogP contribution in [0.25, 0.3) is 0 Å². The van der Waals surface area contributed by atoms with Gasteiger partial charge in [0, 0.05) is 24.3 Å². The van der Waals surface area contributed by atoms with Gasteiger partial charge in [-0.3, -0.25) is 20.2 Å². The van der Waals surface area contributed by atoms with Crippen LogP contribution in [-0.4, -0.2) is 44.8 Å². The molecule has 0 bridgehead atoms. The number of carboxylic acid groups (broad SMARTS) is 2. The van der Waals surface area contributed by atoms with Crippen LogP contribution in [0.2, 0.25) is 0 Å². The van der Waals surface area contributed by atoms with E-state index in [1.807, 2.05) is 0 Å². The first-order valence-electron chi connectivity index (χ1n) is 8.05. The molecule has 0 aliphatic carbocycles. The van der Waals surface area contributed by atoms with Gasteiger partial charge >= 0.3 is 17.9 Å². The number of nitrogens with zero attached hydrogens (tertiary/aromatic N) is 2. The molecule has 0 saturated heterocycles. The summed E-state index contributed by atoms with van der Waals surface area (Å²) in [5, 5.41) is 39.7. The largest absolute Gasteiger partial charge is 0.478 e. The van der Waals surface area contributed by atoms with Crippen molar-refractivity contribution >= 4 is 29.3 Å². The molecule has 0 amide bonds. The van der Waals surface area contributed by atoms with Gasteiger partial charge in [-0.2, -0.15) is 4.89 Å². The fourth-order valence-electron chi connectivity index (χ4n) is 2.30. The number of aromatic carboxylic acids is 2. The number of non-ortho nitro benzene ring substituents is 2. The van der Waals surface area contributed by atoms with Gasteiger partial charge in [0.15, 0.2) is 0 Å². The maximum absolute atomic E-state index is 12.0. The van der Waals surface area contributed by atoms with Crippen LogP contribution in [0.5, 0.6) is 0 Å². The lowest BCUT2D eigenvalue weighted by molar-refractivity contribution is -0.385. The van der Waals surface area contributed by atoms with E-state index in [0.29, 0.717) is 6.07 Å². The lowest BCUT2D eigenvalue weighted by Gasteiger charge is -2.09. The van der Waals surface area contributed by atoms with Crippen LogP contribution in [0.15, 0.2) is 36.4 Å². The van der Waals surface area contributed by atoms with Gasteiger partial charge in [0.1, 0.15) is 6.61 Å². The summed E-state index contributed by atoms with van der Waals surface area (Å²) in [6.45, 7) is -1.29. The fourth-order valence-corrected chi connectivity index (χ4v) is 2.30. The summed E-state index contributed by atoms with van der Waals surface area (Å²) in [5.41, 5.74) is -2.46. The first-order valence-corrected chi connectivity index (χ1v) is 8.05. The number of esters is 1. The van der Waals surface area contributed by atoms with Crippen LogP contribution in [0.1, 0.15) is 36.6 Å². The Kier molecular flexibility index (Phi) is 7.27. The maximum Gasteiger partial charge on any atom is 0.341 e. The molecule has 0 spiro atoms. The van der Waals surface area contributed by atoms with Crippen molar-refractivity contribution in [3.8, 4) is 0 Å².